The minimum absolute atomic E-state index is 0.361. The molecule has 58 valence electrons. The largest absolute Gasteiger partial charge is 0.511 e. The van der Waals surface area contributed by atoms with Crippen LogP contribution in [0.5, 0.6) is 5.75 Å². The van der Waals surface area contributed by atoms with Crippen LogP contribution in [0.15, 0.2) is 24.3 Å². The van der Waals surface area contributed by atoms with Gasteiger partial charge in [-0.05, 0) is 0 Å². The maximum Gasteiger partial charge on any atom is 0.511 e. The van der Waals surface area contributed by atoms with Gasteiger partial charge in [0.15, 0.2) is 0 Å². The van der Waals surface area contributed by atoms with Crippen molar-refractivity contribution in [2.45, 2.75) is 0 Å². The molecule has 1 aromatic carbocycles. The van der Waals surface area contributed by atoms with Gasteiger partial charge in [0.25, 0.3) is 0 Å². The van der Waals surface area contributed by atoms with Crippen molar-refractivity contribution in [1.29, 1.82) is 0 Å². The van der Waals surface area contributed by atoms with Crippen LogP contribution >= 0.6 is 0 Å². The summed E-state index contributed by atoms with van der Waals surface area (Å²) in [6.45, 7) is 0. The van der Waals surface area contributed by atoms with Crippen molar-refractivity contribution in [3.8, 4) is 5.75 Å². The van der Waals surface area contributed by atoms with Crippen LogP contribution in [0.4, 0.5) is 4.79 Å². The van der Waals surface area contributed by atoms with E-state index in [4.69, 9.17) is 0 Å². The summed E-state index contributed by atoms with van der Waals surface area (Å²) in [4.78, 5) is 10.5. The molecule has 0 bridgehead atoms. The Hall–Kier alpha value is -1.51. The van der Waals surface area contributed by atoms with Gasteiger partial charge in [0.05, 0.1) is 7.11 Å². The highest BCUT2D eigenvalue weighted by Gasteiger charge is 1.96. The summed E-state index contributed by atoms with van der Waals surface area (Å²) in [5.41, 5.74) is 0. The van der Waals surface area contributed by atoms with E-state index < -0.39 is 6.16 Å². The van der Waals surface area contributed by atoms with Gasteiger partial charge in [-0.1, -0.05) is 0 Å². The molecule has 0 saturated carbocycles. The Kier molecular flexibility index (Phi) is 2.49. The number of carbonyl (C=O) groups excluding carboxylic acids is 1. The van der Waals surface area contributed by atoms with Crippen molar-refractivity contribution in [1.82, 2.24) is 0 Å². The quantitative estimate of drug-likeness (QED) is 0.347. The third-order valence-electron chi connectivity index (χ3n) is 1.04. The molecule has 0 aliphatic heterocycles. The minimum atomic E-state index is -0.729. The maximum absolute atomic E-state index is 10.5. The first-order valence-electron chi connectivity index (χ1n) is 3.05. The molecule has 0 aromatic heterocycles. The highest BCUT2D eigenvalue weighted by atomic mass is 16.7. The summed E-state index contributed by atoms with van der Waals surface area (Å²) >= 11 is 0. The first-order valence-corrected chi connectivity index (χ1v) is 3.05. The lowest BCUT2D eigenvalue weighted by Crippen LogP contribution is -2.06. The van der Waals surface area contributed by atoms with Crippen molar-refractivity contribution >= 4 is 6.16 Å². The second kappa shape index (κ2) is 3.61. The van der Waals surface area contributed by atoms with Crippen molar-refractivity contribution < 1.29 is 14.3 Å². The molecule has 0 spiro atoms. The van der Waals surface area contributed by atoms with E-state index in [1.165, 1.54) is 7.11 Å². The SMILES string of the molecule is COC(=O)Oc1[c-]cccc1. The van der Waals surface area contributed by atoms with Crippen LogP contribution in [0, 0.1) is 6.07 Å². The van der Waals surface area contributed by atoms with Crippen molar-refractivity contribution in [3.05, 3.63) is 30.3 Å². The molecular weight excluding hydrogens is 144 g/mol. The van der Waals surface area contributed by atoms with E-state index in [-0.39, 0.29) is 0 Å². The number of carbonyl (C=O) groups is 1. The lowest BCUT2D eigenvalue weighted by molar-refractivity contribution is 0.121. The minimum Gasteiger partial charge on any atom is -0.437 e. The summed E-state index contributed by atoms with van der Waals surface area (Å²) in [5.74, 6) is 0.361. The van der Waals surface area contributed by atoms with E-state index in [2.05, 4.69) is 15.5 Å². The van der Waals surface area contributed by atoms with Gasteiger partial charge in [0, 0.05) is 5.75 Å². The van der Waals surface area contributed by atoms with Gasteiger partial charge in [0.2, 0.25) is 0 Å². The molecule has 1 aromatic rings. The number of methoxy groups -OCH3 is 1. The van der Waals surface area contributed by atoms with Crippen molar-refractivity contribution in [2.75, 3.05) is 7.11 Å². The van der Waals surface area contributed by atoms with Gasteiger partial charge in [-0.3, -0.25) is 0 Å². The molecule has 3 heteroatoms. The van der Waals surface area contributed by atoms with Crippen LogP contribution in [0.1, 0.15) is 0 Å². The van der Waals surface area contributed by atoms with Gasteiger partial charge in [-0.25, -0.2) is 4.79 Å². The zero-order valence-corrected chi connectivity index (χ0v) is 6.03. The van der Waals surface area contributed by atoms with Gasteiger partial charge >= 0.3 is 6.16 Å². The molecule has 3 nitrogen and oxygen atoms in total. The summed E-state index contributed by atoms with van der Waals surface area (Å²) in [6.07, 6.45) is -0.729. The Balaban J connectivity index is 2.58. The molecule has 0 saturated heterocycles. The normalized spacial score (nSPS) is 8.82. The fourth-order valence-corrected chi connectivity index (χ4v) is 0.572. The predicted octanol–water partition coefficient (Wildman–Crippen LogP) is 1.63. The van der Waals surface area contributed by atoms with E-state index in [1.54, 1.807) is 24.3 Å². The van der Waals surface area contributed by atoms with Gasteiger partial charge in [-0.2, -0.15) is 18.2 Å². The Morgan fingerprint density at radius 3 is 2.91 bits per heavy atom. The molecule has 0 N–H and O–H groups in total. The number of rotatable bonds is 1. The zero-order chi connectivity index (χ0) is 8.10. The topological polar surface area (TPSA) is 35.5 Å². The second-order valence-corrected chi connectivity index (χ2v) is 1.78. The Labute approximate surface area is 64.5 Å². The van der Waals surface area contributed by atoms with E-state index in [0.29, 0.717) is 5.75 Å². The molecule has 11 heavy (non-hydrogen) atoms. The van der Waals surface area contributed by atoms with Crippen LogP contribution in [0.2, 0.25) is 0 Å². The van der Waals surface area contributed by atoms with E-state index in [0.717, 1.165) is 0 Å². The zero-order valence-electron chi connectivity index (χ0n) is 6.03. The van der Waals surface area contributed by atoms with Gasteiger partial charge in [-0.15, -0.1) is 12.1 Å². The molecule has 0 radical (unpaired) electrons. The Morgan fingerprint density at radius 2 is 2.36 bits per heavy atom. The average Bonchev–Trinajstić information content (AvgIpc) is 2.06. The summed E-state index contributed by atoms with van der Waals surface area (Å²) in [7, 11) is 1.26. The fraction of sp³-hybridized carbons (Fsp3) is 0.125. The number of para-hydroxylation sites is 1. The lowest BCUT2D eigenvalue weighted by atomic mass is 10.3. The average molecular weight is 151 g/mol. The highest BCUT2D eigenvalue weighted by Crippen LogP contribution is 2.07. The van der Waals surface area contributed by atoms with E-state index in [9.17, 15) is 4.79 Å². The van der Waals surface area contributed by atoms with E-state index >= 15 is 0 Å². The fourth-order valence-electron chi connectivity index (χ4n) is 0.572. The smallest absolute Gasteiger partial charge is 0.437 e. The Bertz CT molecular complexity index is 230. The third kappa shape index (κ3) is 2.29. The lowest BCUT2D eigenvalue weighted by Gasteiger charge is -2.05. The molecule has 0 unspecified atom stereocenters. The van der Waals surface area contributed by atoms with Crippen LogP contribution in [0.25, 0.3) is 0 Å². The standard InChI is InChI=1S/C8H7O3/c1-10-8(9)11-7-5-3-2-4-6-7/h2-5H,1H3/q-1. The van der Waals surface area contributed by atoms with Crippen LogP contribution in [-0.2, 0) is 4.74 Å². The van der Waals surface area contributed by atoms with E-state index in [1.807, 2.05) is 0 Å². The van der Waals surface area contributed by atoms with Crippen LogP contribution < -0.4 is 4.74 Å². The number of ether oxygens (including phenoxy) is 2. The maximum atomic E-state index is 10.5. The first kappa shape index (κ1) is 7.60. The van der Waals surface area contributed by atoms with Crippen LogP contribution in [0.3, 0.4) is 0 Å². The molecule has 1 rings (SSSR count). The Morgan fingerprint density at radius 1 is 1.55 bits per heavy atom. The first-order chi connectivity index (χ1) is 5.33. The van der Waals surface area contributed by atoms with Crippen molar-refractivity contribution in [3.63, 3.8) is 0 Å². The molecule has 0 amide bonds. The van der Waals surface area contributed by atoms with Crippen molar-refractivity contribution in [2.24, 2.45) is 0 Å². The monoisotopic (exact) mass is 151 g/mol. The summed E-state index contributed by atoms with van der Waals surface area (Å²) in [6, 6.07) is 9.51. The third-order valence-corrected chi connectivity index (χ3v) is 1.04. The second-order valence-electron chi connectivity index (χ2n) is 1.78. The molecule has 0 aliphatic carbocycles. The molecule has 0 heterocycles. The highest BCUT2D eigenvalue weighted by molar-refractivity contribution is 5.63. The molecule has 0 aliphatic rings. The summed E-state index contributed by atoms with van der Waals surface area (Å²) < 4.78 is 8.92. The van der Waals surface area contributed by atoms with Gasteiger partial charge in [0.1, 0.15) is 0 Å². The number of benzene rings is 1. The summed E-state index contributed by atoms with van der Waals surface area (Å²) in [5, 5.41) is 0. The number of hydrogen-bond donors (Lipinski definition) is 0. The van der Waals surface area contributed by atoms with Crippen LogP contribution in [-0.4, -0.2) is 13.3 Å². The van der Waals surface area contributed by atoms with Gasteiger partial charge < -0.3 is 9.47 Å². The molecular formula is C8H7O3-. The predicted molar refractivity (Wildman–Crippen MR) is 38.3 cm³/mol. The molecule has 0 fully saturated rings. The number of hydrogen-bond acceptors (Lipinski definition) is 3. The molecule has 0 atom stereocenters.